The van der Waals surface area contributed by atoms with Crippen LogP contribution in [0.1, 0.15) is 74.2 Å². The van der Waals surface area contributed by atoms with Crippen LogP contribution >= 0.6 is 11.6 Å². The van der Waals surface area contributed by atoms with Crippen LogP contribution in [0, 0.1) is 0 Å². The highest BCUT2D eigenvalue weighted by Gasteiger charge is 2.40. The number of hydrogen-bond donors (Lipinski definition) is 1. The van der Waals surface area contributed by atoms with E-state index in [9.17, 15) is 22.8 Å². The third-order valence-electron chi connectivity index (χ3n) is 7.27. The Kier molecular flexibility index (Phi) is 9.10. The van der Waals surface area contributed by atoms with Gasteiger partial charge in [-0.2, -0.15) is 0 Å². The summed E-state index contributed by atoms with van der Waals surface area (Å²) in [5.74, 6) is -1.02. The first-order valence-electron chi connectivity index (χ1n) is 13.2. The molecule has 0 saturated heterocycles. The summed E-state index contributed by atoms with van der Waals surface area (Å²) < 4.78 is 26.5. The number of amides is 3. The van der Waals surface area contributed by atoms with E-state index in [1.807, 2.05) is 19.1 Å². The first kappa shape index (κ1) is 28.1. The van der Waals surface area contributed by atoms with Gasteiger partial charge >= 0.3 is 0 Å². The Balaban J connectivity index is 1.46. The molecule has 1 heterocycles. The van der Waals surface area contributed by atoms with E-state index in [2.05, 4.69) is 5.32 Å². The topological polar surface area (TPSA) is 104 Å². The van der Waals surface area contributed by atoms with Crippen molar-refractivity contribution in [3.8, 4) is 0 Å². The molecule has 204 valence electrons. The second-order valence-electron chi connectivity index (χ2n) is 9.90. The van der Waals surface area contributed by atoms with Gasteiger partial charge in [0.15, 0.2) is 0 Å². The zero-order valence-corrected chi connectivity index (χ0v) is 23.1. The molecule has 1 fully saturated rings. The van der Waals surface area contributed by atoms with Crippen LogP contribution in [0.2, 0.25) is 5.02 Å². The number of carbonyl (C=O) groups is 3. The van der Waals surface area contributed by atoms with Crippen molar-refractivity contribution in [3.63, 3.8) is 0 Å². The lowest BCUT2D eigenvalue weighted by atomic mass is 9.95. The van der Waals surface area contributed by atoms with Crippen LogP contribution in [-0.4, -0.2) is 54.0 Å². The molecule has 1 atom stereocenters. The van der Waals surface area contributed by atoms with Crippen molar-refractivity contribution in [2.24, 2.45) is 0 Å². The van der Waals surface area contributed by atoms with Gasteiger partial charge in [0.1, 0.15) is 10.9 Å². The van der Waals surface area contributed by atoms with Crippen molar-refractivity contribution in [1.29, 1.82) is 0 Å². The Labute approximate surface area is 229 Å². The average molecular weight is 560 g/mol. The van der Waals surface area contributed by atoms with Gasteiger partial charge in [-0.15, -0.1) is 0 Å². The predicted molar refractivity (Wildman–Crippen MR) is 145 cm³/mol. The van der Waals surface area contributed by atoms with Gasteiger partial charge < -0.3 is 10.2 Å². The van der Waals surface area contributed by atoms with E-state index in [-0.39, 0.29) is 54.2 Å². The molecule has 1 aliphatic carbocycles. The molecule has 38 heavy (non-hydrogen) atoms. The number of nitrogens with one attached hydrogen (secondary N) is 1. The third kappa shape index (κ3) is 6.21. The van der Waals surface area contributed by atoms with Gasteiger partial charge in [0.25, 0.3) is 15.9 Å². The standard InChI is InChI=1S/C28H34ClN3O5S/c1-2-24(27(34)30-22-9-4-3-5-10-22)31(19-20-14-16-21(29)17-15-20)26(33)13-8-18-32-28(35)23-11-6-7-12-25(23)38(32,36)37/h6-7,11-12,14-17,22,24H,2-5,8-10,13,18-19H2,1H3,(H,30,34)/t24-/m0/s1. The smallest absolute Gasteiger partial charge is 0.269 e. The molecule has 0 radical (unpaired) electrons. The number of halogens is 1. The number of hydrogen-bond acceptors (Lipinski definition) is 5. The number of rotatable bonds is 10. The normalized spacial score (nSPS) is 17.6. The highest BCUT2D eigenvalue weighted by Crippen LogP contribution is 2.30. The molecule has 0 aromatic heterocycles. The van der Waals surface area contributed by atoms with Gasteiger partial charge in [0.05, 0.1) is 5.56 Å². The highest BCUT2D eigenvalue weighted by atomic mass is 35.5. The van der Waals surface area contributed by atoms with E-state index in [1.165, 1.54) is 18.6 Å². The number of nitrogens with zero attached hydrogens (tertiary/aromatic N) is 2. The second kappa shape index (κ2) is 12.3. The van der Waals surface area contributed by atoms with Crippen LogP contribution < -0.4 is 5.32 Å². The fourth-order valence-corrected chi connectivity index (χ4v) is 6.95. The summed E-state index contributed by atoms with van der Waals surface area (Å²) in [5, 5.41) is 3.72. The molecule has 0 spiro atoms. The van der Waals surface area contributed by atoms with Gasteiger partial charge in [-0.05, 0) is 55.5 Å². The van der Waals surface area contributed by atoms with Gasteiger partial charge in [-0.25, -0.2) is 12.7 Å². The molecule has 2 aromatic rings. The van der Waals surface area contributed by atoms with Crippen molar-refractivity contribution >= 4 is 39.3 Å². The van der Waals surface area contributed by atoms with Crippen LogP contribution in [0.5, 0.6) is 0 Å². The number of carbonyl (C=O) groups excluding carboxylic acids is 3. The third-order valence-corrected chi connectivity index (χ3v) is 9.36. The molecule has 0 bridgehead atoms. The Hall–Kier alpha value is -2.91. The Morgan fingerprint density at radius 3 is 2.42 bits per heavy atom. The largest absolute Gasteiger partial charge is 0.352 e. The fraction of sp³-hybridized carbons (Fsp3) is 0.464. The first-order valence-corrected chi connectivity index (χ1v) is 15.0. The van der Waals surface area contributed by atoms with Gasteiger partial charge in [0, 0.05) is 30.6 Å². The van der Waals surface area contributed by atoms with Gasteiger partial charge in [-0.1, -0.05) is 62.1 Å². The summed E-state index contributed by atoms with van der Waals surface area (Å²) in [6.07, 6.45) is 5.79. The van der Waals surface area contributed by atoms with E-state index < -0.39 is 22.0 Å². The van der Waals surface area contributed by atoms with Crippen LogP contribution in [-0.2, 0) is 26.2 Å². The summed E-state index contributed by atoms with van der Waals surface area (Å²) in [4.78, 5) is 41.1. The lowest BCUT2D eigenvalue weighted by Gasteiger charge is -2.33. The molecule has 2 aliphatic rings. The second-order valence-corrected chi connectivity index (χ2v) is 12.2. The van der Waals surface area contributed by atoms with Crippen LogP contribution in [0.3, 0.4) is 0 Å². The lowest BCUT2D eigenvalue weighted by Crippen LogP contribution is -2.51. The zero-order chi connectivity index (χ0) is 27.3. The summed E-state index contributed by atoms with van der Waals surface area (Å²) in [7, 11) is -3.93. The maximum absolute atomic E-state index is 13.5. The first-order chi connectivity index (χ1) is 18.2. The fourth-order valence-electron chi connectivity index (χ4n) is 5.22. The van der Waals surface area contributed by atoms with Crippen molar-refractivity contribution in [3.05, 3.63) is 64.7 Å². The zero-order valence-electron chi connectivity index (χ0n) is 21.6. The molecule has 3 amide bonds. The lowest BCUT2D eigenvalue weighted by molar-refractivity contribution is -0.141. The van der Waals surface area contributed by atoms with Crippen LogP contribution in [0.4, 0.5) is 0 Å². The SMILES string of the molecule is CC[C@@H](C(=O)NC1CCCCC1)N(Cc1ccc(Cl)cc1)C(=O)CCCN1C(=O)c2ccccc2S1(=O)=O. The highest BCUT2D eigenvalue weighted by molar-refractivity contribution is 7.90. The summed E-state index contributed by atoms with van der Waals surface area (Å²) in [6, 6.07) is 12.7. The van der Waals surface area contributed by atoms with Crippen molar-refractivity contribution in [2.75, 3.05) is 6.54 Å². The molecular formula is C28H34ClN3O5S. The summed E-state index contributed by atoms with van der Waals surface area (Å²) in [5.41, 5.74) is 0.980. The molecule has 0 unspecified atom stereocenters. The summed E-state index contributed by atoms with van der Waals surface area (Å²) in [6.45, 7) is 1.99. The van der Waals surface area contributed by atoms with E-state index >= 15 is 0 Å². The molecule has 4 rings (SSSR count). The Morgan fingerprint density at radius 1 is 1.08 bits per heavy atom. The summed E-state index contributed by atoms with van der Waals surface area (Å²) >= 11 is 6.03. The van der Waals surface area contributed by atoms with E-state index in [1.54, 1.807) is 29.2 Å². The predicted octanol–water partition coefficient (Wildman–Crippen LogP) is 4.52. The van der Waals surface area contributed by atoms with Crippen molar-refractivity contribution < 1.29 is 22.8 Å². The minimum atomic E-state index is -3.93. The van der Waals surface area contributed by atoms with Gasteiger partial charge in [-0.3, -0.25) is 14.4 Å². The van der Waals surface area contributed by atoms with E-state index in [4.69, 9.17) is 11.6 Å². The minimum absolute atomic E-state index is 0.00353. The number of fused-ring (bicyclic) bond motifs is 1. The molecule has 1 aliphatic heterocycles. The molecule has 10 heteroatoms. The molecule has 8 nitrogen and oxygen atoms in total. The van der Waals surface area contributed by atoms with Crippen LogP contribution in [0.25, 0.3) is 0 Å². The number of benzene rings is 2. The molecule has 2 aromatic carbocycles. The molecule has 1 N–H and O–H groups in total. The van der Waals surface area contributed by atoms with Crippen molar-refractivity contribution in [1.82, 2.24) is 14.5 Å². The quantitative estimate of drug-likeness (QED) is 0.461. The number of sulfonamides is 1. The van der Waals surface area contributed by atoms with Gasteiger partial charge in [0.2, 0.25) is 11.8 Å². The van der Waals surface area contributed by atoms with Crippen molar-refractivity contribution in [2.45, 2.75) is 81.8 Å². The van der Waals surface area contributed by atoms with Crippen LogP contribution in [0.15, 0.2) is 53.4 Å². The molecule has 1 saturated carbocycles. The maximum Gasteiger partial charge on any atom is 0.269 e. The van der Waals surface area contributed by atoms with E-state index in [0.29, 0.717) is 11.4 Å². The Bertz CT molecular complexity index is 1280. The molecular weight excluding hydrogens is 526 g/mol. The maximum atomic E-state index is 13.5. The van der Waals surface area contributed by atoms with E-state index in [0.717, 1.165) is 35.6 Å². The Morgan fingerprint density at radius 2 is 1.76 bits per heavy atom. The monoisotopic (exact) mass is 559 g/mol. The average Bonchev–Trinajstić information content (AvgIpc) is 3.10. The minimum Gasteiger partial charge on any atom is -0.352 e.